The quantitative estimate of drug-likeness (QED) is 0.731. The monoisotopic (exact) mass is 190 g/mol. The lowest BCUT2D eigenvalue weighted by molar-refractivity contribution is 0.341. The van der Waals surface area contributed by atoms with Gasteiger partial charge in [-0.05, 0) is 19.1 Å². The first-order valence-corrected chi connectivity index (χ1v) is 4.53. The van der Waals surface area contributed by atoms with Gasteiger partial charge >= 0.3 is 0 Å². The Kier molecular flexibility index (Phi) is 3.35. The van der Waals surface area contributed by atoms with Crippen molar-refractivity contribution in [2.24, 2.45) is 0 Å². The molecule has 0 atom stereocenters. The highest BCUT2D eigenvalue weighted by molar-refractivity contribution is 5.60. The van der Waals surface area contributed by atoms with Crippen LogP contribution in [-0.4, -0.2) is 20.7 Å². The van der Waals surface area contributed by atoms with Crippen LogP contribution in [-0.2, 0) is 0 Å². The molecule has 0 saturated carbocycles. The maximum Gasteiger partial charge on any atom is 0.143 e. The molecule has 0 fully saturated rings. The molecule has 0 aliphatic heterocycles. The molecule has 0 radical (unpaired) electrons. The molecular formula is C11H14N2O. The SMILES string of the molecule is CCOc1cc(C#N)ccc1N(C)C. The first-order chi connectivity index (χ1) is 6.69. The molecule has 0 spiro atoms. The molecule has 0 aliphatic rings. The number of hydrogen-bond donors (Lipinski definition) is 0. The summed E-state index contributed by atoms with van der Waals surface area (Å²) in [5.74, 6) is 0.761. The van der Waals surface area contributed by atoms with Crippen LogP contribution in [0.25, 0.3) is 0 Å². The van der Waals surface area contributed by atoms with Crippen LogP contribution in [0.4, 0.5) is 5.69 Å². The molecule has 0 amide bonds. The second-order valence-corrected chi connectivity index (χ2v) is 3.12. The van der Waals surface area contributed by atoms with Crippen molar-refractivity contribution in [3.63, 3.8) is 0 Å². The normalized spacial score (nSPS) is 9.29. The van der Waals surface area contributed by atoms with E-state index >= 15 is 0 Å². The molecule has 1 aromatic rings. The van der Waals surface area contributed by atoms with Gasteiger partial charge in [0, 0.05) is 20.2 Å². The van der Waals surface area contributed by atoms with Gasteiger partial charge in [0.05, 0.1) is 23.9 Å². The van der Waals surface area contributed by atoms with Crippen molar-refractivity contribution in [3.05, 3.63) is 23.8 Å². The number of benzene rings is 1. The molecule has 0 bridgehead atoms. The fourth-order valence-electron chi connectivity index (χ4n) is 1.22. The summed E-state index contributed by atoms with van der Waals surface area (Å²) in [6.45, 7) is 2.54. The van der Waals surface area contributed by atoms with Crippen molar-refractivity contribution in [2.75, 3.05) is 25.6 Å². The molecule has 3 heteroatoms. The van der Waals surface area contributed by atoms with Gasteiger partial charge in [0.25, 0.3) is 0 Å². The second kappa shape index (κ2) is 4.52. The summed E-state index contributed by atoms with van der Waals surface area (Å²) in [5.41, 5.74) is 1.62. The minimum atomic E-state index is 0.607. The third-order valence-corrected chi connectivity index (χ3v) is 1.87. The Morgan fingerprint density at radius 1 is 1.43 bits per heavy atom. The molecule has 14 heavy (non-hydrogen) atoms. The largest absolute Gasteiger partial charge is 0.492 e. The summed E-state index contributed by atoms with van der Waals surface area (Å²) in [6.07, 6.45) is 0. The van der Waals surface area contributed by atoms with E-state index in [2.05, 4.69) is 6.07 Å². The highest BCUT2D eigenvalue weighted by atomic mass is 16.5. The fraction of sp³-hybridized carbons (Fsp3) is 0.364. The highest BCUT2D eigenvalue weighted by Gasteiger charge is 2.06. The van der Waals surface area contributed by atoms with Crippen LogP contribution in [0.3, 0.4) is 0 Å². The predicted molar refractivity (Wildman–Crippen MR) is 56.7 cm³/mol. The average molecular weight is 190 g/mol. The molecule has 74 valence electrons. The summed E-state index contributed by atoms with van der Waals surface area (Å²) < 4.78 is 5.45. The summed E-state index contributed by atoms with van der Waals surface area (Å²) >= 11 is 0. The van der Waals surface area contributed by atoms with Gasteiger partial charge in [-0.2, -0.15) is 5.26 Å². The Labute approximate surface area is 84.5 Å². The van der Waals surface area contributed by atoms with Crippen LogP contribution in [0, 0.1) is 11.3 Å². The van der Waals surface area contributed by atoms with Crippen LogP contribution < -0.4 is 9.64 Å². The fourth-order valence-corrected chi connectivity index (χ4v) is 1.22. The van der Waals surface area contributed by atoms with Gasteiger partial charge in [0.2, 0.25) is 0 Å². The topological polar surface area (TPSA) is 36.3 Å². The molecule has 0 aliphatic carbocycles. The van der Waals surface area contributed by atoms with Crippen LogP contribution in [0.2, 0.25) is 0 Å². The molecule has 0 N–H and O–H groups in total. The number of hydrogen-bond acceptors (Lipinski definition) is 3. The van der Waals surface area contributed by atoms with Gasteiger partial charge in [-0.1, -0.05) is 0 Å². The minimum absolute atomic E-state index is 0.607. The van der Waals surface area contributed by atoms with E-state index in [1.54, 1.807) is 12.1 Å². The third kappa shape index (κ3) is 2.17. The molecular weight excluding hydrogens is 176 g/mol. The number of nitriles is 1. The summed E-state index contributed by atoms with van der Waals surface area (Å²) in [4.78, 5) is 1.96. The smallest absolute Gasteiger partial charge is 0.143 e. The predicted octanol–water partition coefficient (Wildman–Crippen LogP) is 2.02. The van der Waals surface area contributed by atoms with Gasteiger partial charge in [-0.15, -0.1) is 0 Å². The Hall–Kier alpha value is -1.69. The molecule has 0 heterocycles. The van der Waals surface area contributed by atoms with Crippen LogP contribution in [0.15, 0.2) is 18.2 Å². The van der Waals surface area contributed by atoms with Crippen molar-refractivity contribution < 1.29 is 4.74 Å². The Balaban J connectivity index is 3.11. The van der Waals surface area contributed by atoms with E-state index in [4.69, 9.17) is 10.00 Å². The standard InChI is InChI=1S/C11H14N2O/c1-4-14-11-7-9(8-12)5-6-10(11)13(2)3/h5-7H,4H2,1-3H3. The van der Waals surface area contributed by atoms with Crippen molar-refractivity contribution in [3.8, 4) is 11.8 Å². The zero-order valence-electron chi connectivity index (χ0n) is 8.74. The molecule has 0 unspecified atom stereocenters. The van der Waals surface area contributed by atoms with E-state index in [1.165, 1.54) is 0 Å². The molecule has 1 aromatic carbocycles. The van der Waals surface area contributed by atoms with E-state index in [-0.39, 0.29) is 0 Å². The van der Waals surface area contributed by atoms with Gasteiger partial charge < -0.3 is 9.64 Å². The van der Waals surface area contributed by atoms with Crippen molar-refractivity contribution >= 4 is 5.69 Å². The number of ether oxygens (including phenoxy) is 1. The van der Waals surface area contributed by atoms with Crippen molar-refractivity contribution in [1.29, 1.82) is 5.26 Å². The molecule has 3 nitrogen and oxygen atoms in total. The zero-order valence-corrected chi connectivity index (χ0v) is 8.74. The summed E-state index contributed by atoms with van der Waals surface area (Å²) in [5, 5.41) is 8.74. The molecule has 0 aromatic heterocycles. The first-order valence-electron chi connectivity index (χ1n) is 4.53. The first kappa shape index (κ1) is 10.4. The van der Waals surface area contributed by atoms with E-state index in [9.17, 15) is 0 Å². The summed E-state index contributed by atoms with van der Waals surface area (Å²) in [6, 6.07) is 7.54. The lowest BCUT2D eigenvalue weighted by Gasteiger charge is -2.17. The lowest BCUT2D eigenvalue weighted by atomic mass is 10.2. The van der Waals surface area contributed by atoms with Crippen molar-refractivity contribution in [1.82, 2.24) is 0 Å². The average Bonchev–Trinajstić information content (AvgIpc) is 2.17. The van der Waals surface area contributed by atoms with Crippen molar-refractivity contribution in [2.45, 2.75) is 6.92 Å². The molecule has 0 saturated heterocycles. The van der Waals surface area contributed by atoms with Gasteiger partial charge in [0.1, 0.15) is 5.75 Å². The van der Waals surface area contributed by atoms with E-state index < -0.39 is 0 Å². The van der Waals surface area contributed by atoms with Crippen LogP contribution in [0.5, 0.6) is 5.75 Å². The Morgan fingerprint density at radius 2 is 2.14 bits per heavy atom. The Morgan fingerprint density at radius 3 is 2.64 bits per heavy atom. The van der Waals surface area contributed by atoms with Gasteiger partial charge in [-0.25, -0.2) is 0 Å². The lowest BCUT2D eigenvalue weighted by Crippen LogP contribution is -2.10. The minimum Gasteiger partial charge on any atom is -0.492 e. The van der Waals surface area contributed by atoms with Gasteiger partial charge in [0.15, 0.2) is 0 Å². The zero-order chi connectivity index (χ0) is 10.6. The third-order valence-electron chi connectivity index (χ3n) is 1.87. The van der Waals surface area contributed by atoms with Gasteiger partial charge in [-0.3, -0.25) is 0 Å². The van der Waals surface area contributed by atoms with Crippen LogP contribution >= 0.6 is 0 Å². The summed E-state index contributed by atoms with van der Waals surface area (Å²) in [7, 11) is 3.90. The van der Waals surface area contributed by atoms with E-state index in [0.29, 0.717) is 12.2 Å². The maximum atomic E-state index is 8.74. The number of nitrogens with zero attached hydrogens (tertiary/aromatic N) is 2. The number of rotatable bonds is 3. The number of anilines is 1. The second-order valence-electron chi connectivity index (χ2n) is 3.12. The van der Waals surface area contributed by atoms with E-state index in [0.717, 1.165) is 11.4 Å². The maximum absolute atomic E-state index is 8.74. The highest BCUT2D eigenvalue weighted by Crippen LogP contribution is 2.27. The van der Waals surface area contributed by atoms with E-state index in [1.807, 2.05) is 32.0 Å². The molecule has 1 rings (SSSR count). The Bertz CT molecular complexity index is 353. The van der Waals surface area contributed by atoms with Crippen LogP contribution in [0.1, 0.15) is 12.5 Å².